The van der Waals surface area contributed by atoms with E-state index in [2.05, 4.69) is 10.2 Å². The zero-order chi connectivity index (χ0) is 12.3. The van der Waals surface area contributed by atoms with Crippen molar-refractivity contribution in [2.75, 3.05) is 33.3 Å². The fourth-order valence-electron chi connectivity index (χ4n) is 2.35. The van der Waals surface area contributed by atoms with Crippen molar-refractivity contribution in [2.45, 2.75) is 13.0 Å². The van der Waals surface area contributed by atoms with E-state index in [1.807, 2.05) is 13.0 Å². The van der Waals surface area contributed by atoms with E-state index in [9.17, 15) is 4.39 Å². The van der Waals surface area contributed by atoms with Gasteiger partial charge >= 0.3 is 0 Å². The lowest BCUT2D eigenvalue weighted by molar-refractivity contribution is 0.179. The summed E-state index contributed by atoms with van der Waals surface area (Å²) in [5.74, 6) is 0.450. The molecular formula is C13H19FN2O. The molecule has 0 aliphatic carbocycles. The van der Waals surface area contributed by atoms with Crippen LogP contribution in [0.2, 0.25) is 0 Å². The van der Waals surface area contributed by atoms with Gasteiger partial charge in [-0.15, -0.1) is 0 Å². The van der Waals surface area contributed by atoms with E-state index in [1.54, 1.807) is 13.2 Å². The van der Waals surface area contributed by atoms with Crippen LogP contribution in [-0.2, 0) is 0 Å². The lowest BCUT2D eigenvalue weighted by atomic mass is 10.0. The van der Waals surface area contributed by atoms with Crippen molar-refractivity contribution in [3.05, 3.63) is 29.6 Å². The Morgan fingerprint density at radius 2 is 2.06 bits per heavy atom. The van der Waals surface area contributed by atoms with Crippen LogP contribution in [0, 0.1) is 5.82 Å². The van der Waals surface area contributed by atoms with Gasteiger partial charge in [-0.25, -0.2) is 4.39 Å². The molecule has 2 rings (SSSR count). The van der Waals surface area contributed by atoms with Gasteiger partial charge in [-0.1, -0.05) is 6.07 Å². The molecule has 3 nitrogen and oxygen atoms in total. The van der Waals surface area contributed by atoms with E-state index in [-0.39, 0.29) is 11.9 Å². The summed E-state index contributed by atoms with van der Waals surface area (Å²) in [6.07, 6.45) is 0. The average molecular weight is 238 g/mol. The highest BCUT2D eigenvalue weighted by atomic mass is 19.1. The van der Waals surface area contributed by atoms with E-state index in [0.717, 1.165) is 26.2 Å². The molecule has 1 atom stereocenters. The van der Waals surface area contributed by atoms with Crippen LogP contribution in [0.4, 0.5) is 4.39 Å². The standard InChI is InChI=1S/C13H19FN2O/c1-10(16-8-6-15-7-9-16)13-11(14)4-3-5-12(13)17-2/h3-5,10,15H,6-9H2,1-2H3/t10-/m0/s1. The second kappa shape index (κ2) is 5.47. The van der Waals surface area contributed by atoms with E-state index in [0.29, 0.717) is 11.3 Å². The minimum Gasteiger partial charge on any atom is -0.496 e. The maximum atomic E-state index is 13.9. The molecule has 0 saturated carbocycles. The minimum absolute atomic E-state index is 0.0493. The van der Waals surface area contributed by atoms with Crippen molar-refractivity contribution in [3.63, 3.8) is 0 Å². The third-order valence-electron chi connectivity index (χ3n) is 3.35. The van der Waals surface area contributed by atoms with Crippen molar-refractivity contribution >= 4 is 0 Å². The van der Waals surface area contributed by atoms with Gasteiger partial charge in [0.2, 0.25) is 0 Å². The summed E-state index contributed by atoms with van der Waals surface area (Å²) in [6, 6.07) is 5.05. The van der Waals surface area contributed by atoms with Gasteiger partial charge < -0.3 is 10.1 Å². The van der Waals surface area contributed by atoms with E-state index >= 15 is 0 Å². The molecule has 1 aliphatic rings. The smallest absolute Gasteiger partial charge is 0.131 e. The zero-order valence-electron chi connectivity index (χ0n) is 10.4. The number of hydrogen-bond donors (Lipinski definition) is 1. The molecule has 0 amide bonds. The Bertz CT molecular complexity index is 378. The van der Waals surface area contributed by atoms with Gasteiger partial charge in [0.15, 0.2) is 0 Å². The van der Waals surface area contributed by atoms with Crippen LogP contribution in [0.15, 0.2) is 18.2 Å². The second-order valence-corrected chi connectivity index (χ2v) is 4.32. The summed E-state index contributed by atoms with van der Waals surface area (Å²) >= 11 is 0. The van der Waals surface area contributed by atoms with Gasteiger partial charge in [-0.3, -0.25) is 4.90 Å². The maximum Gasteiger partial charge on any atom is 0.131 e. The predicted octanol–water partition coefficient (Wildman–Crippen LogP) is 1.80. The molecule has 0 aromatic heterocycles. The highest BCUT2D eigenvalue weighted by Crippen LogP contribution is 2.31. The Hall–Kier alpha value is -1.13. The Morgan fingerprint density at radius 3 is 2.71 bits per heavy atom. The van der Waals surface area contributed by atoms with Gasteiger partial charge in [-0.2, -0.15) is 0 Å². The molecule has 1 aromatic carbocycles. The molecule has 4 heteroatoms. The largest absolute Gasteiger partial charge is 0.496 e. The van der Waals surface area contributed by atoms with Gasteiger partial charge in [0.1, 0.15) is 11.6 Å². The molecule has 0 unspecified atom stereocenters. The lowest BCUT2D eigenvalue weighted by Crippen LogP contribution is -2.44. The second-order valence-electron chi connectivity index (χ2n) is 4.32. The number of methoxy groups -OCH3 is 1. The van der Waals surface area contributed by atoms with Crippen molar-refractivity contribution in [1.82, 2.24) is 10.2 Å². The number of rotatable bonds is 3. The van der Waals surface area contributed by atoms with Crippen LogP contribution in [-0.4, -0.2) is 38.2 Å². The molecule has 1 aromatic rings. The number of nitrogens with one attached hydrogen (secondary N) is 1. The average Bonchev–Trinajstić information content (AvgIpc) is 2.38. The third-order valence-corrected chi connectivity index (χ3v) is 3.35. The molecule has 94 valence electrons. The Labute approximate surface area is 102 Å². The number of ether oxygens (including phenoxy) is 1. The number of benzene rings is 1. The van der Waals surface area contributed by atoms with Gasteiger partial charge in [-0.05, 0) is 19.1 Å². The summed E-state index contributed by atoms with van der Waals surface area (Å²) in [7, 11) is 1.59. The van der Waals surface area contributed by atoms with Crippen LogP contribution < -0.4 is 10.1 Å². The number of hydrogen-bond acceptors (Lipinski definition) is 3. The minimum atomic E-state index is -0.185. The van der Waals surface area contributed by atoms with E-state index < -0.39 is 0 Å². The first kappa shape index (κ1) is 12.3. The SMILES string of the molecule is COc1cccc(F)c1[C@H](C)N1CCNCC1. The van der Waals surface area contributed by atoms with Crippen LogP contribution >= 0.6 is 0 Å². The van der Waals surface area contributed by atoms with Crippen molar-refractivity contribution < 1.29 is 9.13 Å². The summed E-state index contributed by atoms with van der Waals surface area (Å²) in [5, 5.41) is 3.30. The molecule has 17 heavy (non-hydrogen) atoms. The Morgan fingerprint density at radius 1 is 1.35 bits per heavy atom. The molecule has 0 bridgehead atoms. The van der Waals surface area contributed by atoms with Crippen LogP contribution in [0.1, 0.15) is 18.5 Å². The monoisotopic (exact) mass is 238 g/mol. The van der Waals surface area contributed by atoms with Crippen molar-refractivity contribution in [3.8, 4) is 5.75 Å². The summed E-state index contributed by atoms with van der Waals surface area (Å²) in [4.78, 5) is 2.28. The van der Waals surface area contributed by atoms with E-state index in [1.165, 1.54) is 6.07 Å². The predicted molar refractivity (Wildman–Crippen MR) is 65.8 cm³/mol. The van der Waals surface area contributed by atoms with E-state index in [4.69, 9.17) is 4.74 Å². The molecule has 1 N–H and O–H groups in total. The first-order valence-corrected chi connectivity index (χ1v) is 6.01. The highest BCUT2D eigenvalue weighted by molar-refractivity contribution is 5.37. The number of piperazine rings is 1. The first-order valence-electron chi connectivity index (χ1n) is 6.01. The normalized spacial score (nSPS) is 19.0. The quantitative estimate of drug-likeness (QED) is 0.869. The van der Waals surface area contributed by atoms with Crippen molar-refractivity contribution in [1.29, 1.82) is 0 Å². The number of halogens is 1. The zero-order valence-corrected chi connectivity index (χ0v) is 10.4. The lowest BCUT2D eigenvalue weighted by Gasteiger charge is -2.33. The third kappa shape index (κ3) is 2.58. The van der Waals surface area contributed by atoms with Crippen LogP contribution in [0.3, 0.4) is 0 Å². The Kier molecular flexibility index (Phi) is 3.97. The fourth-order valence-corrected chi connectivity index (χ4v) is 2.35. The molecule has 1 heterocycles. The molecular weight excluding hydrogens is 219 g/mol. The summed E-state index contributed by atoms with van der Waals surface area (Å²) < 4.78 is 19.2. The molecule has 1 fully saturated rings. The summed E-state index contributed by atoms with van der Waals surface area (Å²) in [5.41, 5.74) is 0.664. The molecule has 1 aliphatic heterocycles. The topological polar surface area (TPSA) is 24.5 Å². The Balaban J connectivity index is 2.25. The maximum absolute atomic E-state index is 13.9. The highest BCUT2D eigenvalue weighted by Gasteiger charge is 2.23. The van der Waals surface area contributed by atoms with Gasteiger partial charge in [0.05, 0.1) is 7.11 Å². The molecule has 0 spiro atoms. The first-order chi connectivity index (χ1) is 8.24. The van der Waals surface area contributed by atoms with Gasteiger partial charge in [0.25, 0.3) is 0 Å². The molecule has 1 saturated heterocycles. The number of nitrogens with zero attached hydrogens (tertiary/aromatic N) is 1. The fraction of sp³-hybridized carbons (Fsp3) is 0.538. The summed E-state index contributed by atoms with van der Waals surface area (Å²) in [6.45, 7) is 5.84. The van der Waals surface area contributed by atoms with Crippen LogP contribution in [0.5, 0.6) is 5.75 Å². The van der Waals surface area contributed by atoms with Crippen LogP contribution in [0.25, 0.3) is 0 Å². The van der Waals surface area contributed by atoms with Gasteiger partial charge in [0, 0.05) is 37.8 Å². The van der Waals surface area contributed by atoms with Crippen molar-refractivity contribution in [2.24, 2.45) is 0 Å². The molecule has 0 radical (unpaired) electrons.